The summed E-state index contributed by atoms with van der Waals surface area (Å²) in [7, 11) is 1.75. The lowest BCUT2D eigenvalue weighted by Crippen LogP contribution is -2.01. The molecule has 1 heterocycles. The van der Waals surface area contributed by atoms with Crippen LogP contribution in [0.25, 0.3) is 0 Å². The van der Waals surface area contributed by atoms with E-state index in [0.29, 0.717) is 27.5 Å². The first kappa shape index (κ1) is 13.4. The standard InChI is InChI=1S/C11H9BrCl2N4/c1-15-11-16-5-6(12)10(18-11)17-9-7(13)3-2-4-8(9)14/h2-5H,1H3,(H2,15,16,17,18). The fourth-order valence-electron chi connectivity index (χ4n) is 1.31. The molecule has 18 heavy (non-hydrogen) atoms. The molecule has 0 aliphatic carbocycles. The topological polar surface area (TPSA) is 49.8 Å². The van der Waals surface area contributed by atoms with Crippen molar-refractivity contribution < 1.29 is 0 Å². The predicted molar refractivity (Wildman–Crippen MR) is 79.0 cm³/mol. The minimum Gasteiger partial charge on any atom is -0.357 e. The van der Waals surface area contributed by atoms with Gasteiger partial charge in [-0.3, -0.25) is 0 Å². The normalized spacial score (nSPS) is 10.2. The van der Waals surface area contributed by atoms with Gasteiger partial charge >= 0.3 is 0 Å². The fourth-order valence-corrected chi connectivity index (χ4v) is 2.09. The van der Waals surface area contributed by atoms with Crippen LogP contribution in [0, 0.1) is 0 Å². The number of nitrogens with zero attached hydrogens (tertiary/aromatic N) is 2. The quantitative estimate of drug-likeness (QED) is 0.867. The van der Waals surface area contributed by atoms with Crippen molar-refractivity contribution in [2.24, 2.45) is 0 Å². The maximum Gasteiger partial charge on any atom is 0.224 e. The van der Waals surface area contributed by atoms with Gasteiger partial charge in [0.2, 0.25) is 5.95 Å². The lowest BCUT2D eigenvalue weighted by Gasteiger charge is -2.11. The Hall–Kier alpha value is -1.04. The second kappa shape index (κ2) is 5.73. The summed E-state index contributed by atoms with van der Waals surface area (Å²) in [5, 5.41) is 7.00. The molecule has 0 aliphatic heterocycles. The molecule has 4 nitrogen and oxygen atoms in total. The van der Waals surface area contributed by atoms with Crippen LogP contribution in [-0.2, 0) is 0 Å². The van der Waals surface area contributed by atoms with Gasteiger partial charge < -0.3 is 10.6 Å². The molecule has 0 saturated carbocycles. The van der Waals surface area contributed by atoms with E-state index in [9.17, 15) is 0 Å². The third-order valence-corrected chi connectivity index (χ3v) is 3.38. The Balaban J connectivity index is 2.39. The first-order valence-electron chi connectivity index (χ1n) is 5.03. The third-order valence-electron chi connectivity index (χ3n) is 2.17. The Labute approximate surface area is 123 Å². The van der Waals surface area contributed by atoms with Crippen LogP contribution >= 0.6 is 39.1 Å². The lowest BCUT2D eigenvalue weighted by atomic mass is 10.3. The molecule has 2 aromatic rings. The largest absolute Gasteiger partial charge is 0.357 e. The van der Waals surface area contributed by atoms with E-state index in [-0.39, 0.29) is 0 Å². The van der Waals surface area contributed by atoms with Crippen molar-refractivity contribution in [2.45, 2.75) is 0 Å². The van der Waals surface area contributed by atoms with Crippen LogP contribution in [0.3, 0.4) is 0 Å². The first-order chi connectivity index (χ1) is 8.61. The third kappa shape index (κ3) is 2.85. The highest BCUT2D eigenvalue weighted by molar-refractivity contribution is 9.10. The van der Waals surface area contributed by atoms with Gasteiger partial charge in [0.15, 0.2) is 0 Å². The van der Waals surface area contributed by atoms with Crippen LogP contribution in [0.1, 0.15) is 0 Å². The summed E-state index contributed by atoms with van der Waals surface area (Å²) in [5.74, 6) is 1.09. The van der Waals surface area contributed by atoms with Crippen molar-refractivity contribution in [3.05, 3.63) is 38.9 Å². The van der Waals surface area contributed by atoms with Crippen LogP contribution < -0.4 is 10.6 Å². The minimum absolute atomic E-state index is 0.504. The number of aromatic nitrogens is 2. The molecule has 0 aliphatic rings. The summed E-state index contributed by atoms with van der Waals surface area (Å²) in [6, 6.07) is 5.29. The maximum absolute atomic E-state index is 6.08. The fraction of sp³-hybridized carbons (Fsp3) is 0.0909. The summed E-state index contributed by atoms with van der Waals surface area (Å²) in [4.78, 5) is 8.34. The molecule has 0 radical (unpaired) electrons. The number of hydrogen-bond acceptors (Lipinski definition) is 4. The first-order valence-corrected chi connectivity index (χ1v) is 6.58. The molecular weight excluding hydrogens is 339 g/mol. The van der Waals surface area contributed by atoms with E-state index in [2.05, 4.69) is 36.5 Å². The van der Waals surface area contributed by atoms with Gasteiger partial charge in [0.05, 0.1) is 20.2 Å². The van der Waals surface area contributed by atoms with E-state index >= 15 is 0 Å². The maximum atomic E-state index is 6.08. The number of hydrogen-bond donors (Lipinski definition) is 2. The van der Waals surface area contributed by atoms with Crippen molar-refractivity contribution in [3.63, 3.8) is 0 Å². The molecule has 94 valence electrons. The zero-order valence-corrected chi connectivity index (χ0v) is 12.4. The molecule has 2 rings (SSSR count). The molecule has 2 N–H and O–H groups in total. The van der Waals surface area contributed by atoms with Gasteiger partial charge in [-0.2, -0.15) is 4.98 Å². The molecule has 0 unspecified atom stereocenters. The molecule has 1 aromatic carbocycles. The Morgan fingerprint density at radius 3 is 2.50 bits per heavy atom. The highest BCUT2D eigenvalue weighted by Gasteiger charge is 2.09. The number of halogens is 3. The summed E-state index contributed by atoms with van der Waals surface area (Å²) in [6.45, 7) is 0. The highest BCUT2D eigenvalue weighted by Crippen LogP contribution is 2.34. The SMILES string of the molecule is CNc1ncc(Br)c(Nc2c(Cl)cccc2Cl)n1. The molecule has 0 atom stereocenters. The summed E-state index contributed by atoms with van der Waals surface area (Å²) in [6.07, 6.45) is 1.64. The highest BCUT2D eigenvalue weighted by atomic mass is 79.9. The monoisotopic (exact) mass is 346 g/mol. The number of rotatable bonds is 3. The van der Waals surface area contributed by atoms with Gasteiger partial charge in [-0.25, -0.2) is 4.98 Å². The number of benzene rings is 1. The molecule has 0 bridgehead atoms. The molecule has 1 aromatic heterocycles. The van der Waals surface area contributed by atoms with Crippen molar-refractivity contribution in [1.82, 2.24) is 9.97 Å². The van der Waals surface area contributed by atoms with Gasteiger partial charge in [0.1, 0.15) is 5.82 Å². The van der Waals surface area contributed by atoms with E-state index in [1.54, 1.807) is 31.4 Å². The summed E-state index contributed by atoms with van der Waals surface area (Å²) >= 11 is 15.5. The predicted octanol–water partition coefficient (Wildman–Crippen LogP) is 4.33. The van der Waals surface area contributed by atoms with Gasteiger partial charge in [-0.1, -0.05) is 29.3 Å². The van der Waals surface area contributed by atoms with Crippen LogP contribution in [0.5, 0.6) is 0 Å². The smallest absolute Gasteiger partial charge is 0.224 e. The van der Waals surface area contributed by atoms with Crippen molar-refractivity contribution in [1.29, 1.82) is 0 Å². The van der Waals surface area contributed by atoms with Crippen LogP contribution in [0.4, 0.5) is 17.5 Å². The van der Waals surface area contributed by atoms with Gasteiger partial charge in [0, 0.05) is 13.2 Å². The molecule has 0 fully saturated rings. The zero-order valence-electron chi connectivity index (χ0n) is 9.34. The van der Waals surface area contributed by atoms with Crippen molar-refractivity contribution in [2.75, 3.05) is 17.7 Å². The number of anilines is 3. The van der Waals surface area contributed by atoms with E-state index in [0.717, 1.165) is 4.47 Å². The van der Waals surface area contributed by atoms with Crippen LogP contribution in [0.2, 0.25) is 10.0 Å². The molecule has 7 heteroatoms. The Morgan fingerprint density at radius 1 is 1.22 bits per heavy atom. The molecule has 0 spiro atoms. The van der Waals surface area contributed by atoms with E-state index in [1.165, 1.54) is 0 Å². The van der Waals surface area contributed by atoms with Crippen molar-refractivity contribution in [3.8, 4) is 0 Å². The molecular formula is C11H9BrCl2N4. The van der Waals surface area contributed by atoms with Gasteiger partial charge in [-0.05, 0) is 28.1 Å². The molecule has 0 amide bonds. The van der Waals surface area contributed by atoms with Crippen LogP contribution in [-0.4, -0.2) is 17.0 Å². The minimum atomic E-state index is 0.504. The van der Waals surface area contributed by atoms with E-state index in [4.69, 9.17) is 23.2 Å². The Bertz CT molecular complexity index is 557. The summed E-state index contributed by atoms with van der Waals surface area (Å²) in [5.41, 5.74) is 0.613. The average molecular weight is 348 g/mol. The van der Waals surface area contributed by atoms with Crippen molar-refractivity contribution >= 4 is 56.6 Å². The second-order valence-electron chi connectivity index (χ2n) is 3.36. The Kier molecular flexibility index (Phi) is 4.27. The van der Waals surface area contributed by atoms with E-state index in [1.807, 2.05) is 0 Å². The number of nitrogens with one attached hydrogen (secondary N) is 2. The van der Waals surface area contributed by atoms with Gasteiger partial charge in [-0.15, -0.1) is 0 Å². The second-order valence-corrected chi connectivity index (χ2v) is 5.03. The average Bonchev–Trinajstić information content (AvgIpc) is 2.36. The zero-order chi connectivity index (χ0) is 13.1. The lowest BCUT2D eigenvalue weighted by molar-refractivity contribution is 1.14. The number of para-hydroxylation sites is 1. The Morgan fingerprint density at radius 2 is 1.89 bits per heavy atom. The van der Waals surface area contributed by atoms with E-state index < -0.39 is 0 Å². The summed E-state index contributed by atoms with van der Waals surface area (Å²) < 4.78 is 0.720. The van der Waals surface area contributed by atoms with Crippen LogP contribution in [0.15, 0.2) is 28.9 Å². The van der Waals surface area contributed by atoms with Gasteiger partial charge in [0.25, 0.3) is 0 Å². The molecule has 0 saturated heterocycles.